The minimum Gasteiger partial charge on any atom is -0.491 e. The number of aryl methyl sites for hydroxylation is 1. The lowest BCUT2D eigenvalue weighted by Crippen LogP contribution is -2.00. The predicted molar refractivity (Wildman–Crippen MR) is 56.0 cm³/mol. The van der Waals surface area contributed by atoms with E-state index in [0.29, 0.717) is 0 Å². The molecule has 1 aromatic rings. The van der Waals surface area contributed by atoms with Crippen LogP contribution < -0.4 is 10.5 Å². The molecule has 0 spiro atoms. The van der Waals surface area contributed by atoms with Gasteiger partial charge in [0.25, 0.3) is 0 Å². The first-order chi connectivity index (χ1) is 6.25. The molecule has 0 heterocycles. The van der Waals surface area contributed by atoms with Gasteiger partial charge >= 0.3 is 0 Å². The lowest BCUT2D eigenvalue weighted by Gasteiger charge is -2.09. The van der Waals surface area contributed by atoms with Gasteiger partial charge in [-0.05, 0) is 25.0 Å². The maximum absolute atomic E-state index is 5.84. The fourth-order valence-corrected chi connectivity index (χ4v) is 1.11. The molecule has 2 N–H and O–H groups in total. The van der Waals surface area contributed by atoms with Crippen LogP contribution in [0.3, 0.4) is 0 Å². The third kappa shape index (κ3) is 2.65. The Hall–Kier alpha value is -1.18. The number of nitrogens with two attached hydrogens (primary N) is 1. The van der Waals surface area contributed by atoms with Crippen molar-refractivity contribution in [2.45, 2.75) is 26.7 Å². The number of nitrogen functional groups attached to an aromatic ring is 1. The van der Waals surface area contributed by atoms with Gasteiger partial charge in [0.2, 0.25) is 0 Å². The van der Waals surface area contributed by atoms with Crippen LogP contribution in [-0.2, 0) is 0 Å². The van der Waals surface area contributed by atoms with E-state index in [-0.39, 0.29) is 0 Å². The molecule has 0 aliphatic carbocycles. The molecule has 0 amide bonds. The molecular weight excluding hydrogens is 162 g/mol. The lowest BCUT2D eigenvalue weighted by atomic mass is 10.2. The Balaban J connectivity index is 2.61. The minimum absolute atomic E-state index is 0.754. The van der Waals surface area contributed by atoms with Crippen LogP contribution in [0.5, 0.6) is 5.75 Å². The van der Waals surface area contributed by atoms with Gasteiger partial charge in [0.15, 0.2) is 0 Å². The SMILES string of the molecule is CCCCOc1cccc(C)c1N. The van der Waals surface area contributed by atoms with Gasteiger partial charge in [-0.3, -0.25) is 0 Å². The molecule has 0 aliphatic rings. The molecule has 0 aliphatic heterocycles. The Morgan fingerprint density at radius 3 is 2.85 bits per heavy atom. The predicted octanol–water partition coefficient (Wildman–Crippen LogP) is 2.76. The van der Waals surface area contributed by atoms with Crippen molar-refractivity contribution in [2.24, 2.45) is 0 Å². The summed E-state index contributed by atoms with van der Waals surface area (Å²) in [5.41, 5.74) is 7.68. The normalized spacial score (nSPS) is 10.0. The lowest BCUT2D eigenvalue weighted by molar-refractivity contribution is 0.311. The Morgan fingerprint density at radius 2 is 2.15 bits per heavy atom. The summed E-state index contributed by atoms with van der Waals surface area (Å²) in [7, 11) is 0. The maximum atomic E-state index is 5.84. The first kappa shape index (κ1) is 9.90. The van der Waals surface area contributed by atoms with Crippen LogP contribution in [0, 0.1) is 6.92 Å². The van der Waals surface area contributed by atoms with Crippen LogP contribution >= 0.6 is 0 Å². The Bertz CT molecular complexity index is 271. The van der Waals surface area contributed by atoms with Gasteiger partial charge in [-0.2, -0.15) is 0 Å². The van der Waals surface area contributed by atoms with Crippen LogP contribution in [0.15, 0.2) is 18.2 Å². The van der Waals surface area contributed by atoms with Crippen molar-refractivity contribution in [2.75, 3.05) is 12.3 Å². The highest BCUT2D eigenvalue weighted by atomic mass is 16.5. The number of rotatable bonds is 4. The molecule has 0 atom stereocenters. The van der Waals surface area contributed by atoms with E-state index in [2.05, 4.69) is 6.92 Å². The second kappa shape index (κ2) is 4.75. The molecule has 0 saturated heterocycles. The van der Waals surface area contributed by atoms with Gasteiger partial charge in [0.1, 0.15) is 5.75 Å². The van der Waals surface area contributed by atoms with Gasteiger partial charge in [-0.1, -0.05) is 25.5 Å². The minimum atomic E-state index is 0.754. The first-order valence-corrected chi connectivity index (χ1v) is 4.73. The molecule has 0 bridgehead atoms. The van der Waals surface area contributed by atoms with Gasteiger partial charge in [0.05, 0.1) is 12.3 Å². The molecule has 0 saturated carbocycles. The highest BCUT2D eigenvalue weighted by molar-refractivity contribution is 5.57. The number of para-hydroxylation sites is 1. The van der Waals surface area contributed by atoms with Crippen molar-refractivity contribution >= 4 is 5.69 Å². The summed E-state index contributed by atoms with van der Waals surface area (Å²) in [6.07, 6.45) is 2.22. The summed E-state index contributed by atoms with van der Waals surface area (Å²) < 4.78 is 5.53. The summed E-state index contributed by atoms with van der Waals surface area (Å²) in [4.78, 5) is 0. The molecule has 1 aromatic carbocycles. The smallest absolute Gasteiger partial charge is 0.142 e. The number of benzene rings is 1. The molecule has 0 radical (unpaired) electrons. The van der Waals surface area contributed by atoms with E-state index < -0.39 is 0 Å². The summed E-state index contributed by atoms with van der Waals surface area (Å²) in [5, 5.41) is 0. The summed E-state index contributed by atoms with van der Waals surface area (Å²) in [5.74, 6) is 0.813. The van der Waals surface area contributed by atoms with Gasteiger partial charge in [0, 0.05) is 0 Å². The topological polar surface area (TPSA) is 35.2 Å². The molecule has 0 aromatic heterocycles. The molecule has 13 heavy (non-hydrogen) atoms. The van der Waals surface area contributed by atoms with Crippen molar-refractivity contribution < 1.29 is 4.74 Å². The molecule has 72 valence electrons. The number of ether oxygens (including phenoxy) is 1. The first-order valence-electron chi connectivity index (χ1n) is 4.73. The number of hydrogen-bond donors (Lipinski definition) is 1. The molecule has 2 heteroatoms. The monoisotopic (exact) mass is 179 g/mol. The summed E-state index contributed by atoms with van der Waals surface area (Å²) in [6, 6.07) is 5.87. The Labute approximate surface area is 79.7 Å². The summed E-state index contributed by atoms with van der Waals surface area (Å²) in [6.45, 7) is 4.88. The van der Waals surface area contributed by atoms with Crippen LogP contribution in [0.4, 0.5) is 5.69 Å². The van der Waals surface area contributed by atoms with Crippen molar-refractivity contribution in [3.63, 3.8) is 0 Å². The van der Waals surface area contributed by atoms with Crippen LogP contribution in [0.2, 0.25) is 0 Å². The fourth-order valence-electron chi connectivity index (χ4n) is 1.11. The fraction of sp³-hybridized carbons (Fsp3) is 0.455. The van der Waals surface area contributed by atoms with Crippen molar-refractivity contribution in [1.82, 2.24) is 0 Å². The third-order valence-electron chi connectivity index (χ3n) is 2.04. The quantitative estimate of drug-likeness (QED) is 0.569. The van der Waals surface area contributed by atoms with E-state index in [1.807, 2.05) is 25.1 Å². The zero-order valence-corrected chi connectivity index (χ0v) is 8.34. The Kier molecular flexibility index (Phi) is 3.62. The number of hydrogen-bond acceptors (Lipinski definition) is 2. The molecular formula is C11H17NO. The zero-order chi connectivity index (χ0) is 9.68. The number of anilines is 1. The van der Waals surface area contributed by atoms with E-state index in [1.165, 1.54) is 0 Å². The van der Waals surface area contributed by atoms with Gasteiger partial charge < -0.3 is 10.5 Å². The zero-order valence-electron chi connectivity index (χ0n) is 8.34. The maximum Gasteiger partial charge on any atom is 0.142 e. The molecule has 2 nitrogen and oxygen atoms in total. The second-order valence-corrected chi connectivity index (χ2v) is 3.19. The van der Waals surface area contributed by atoms with Crippen molar-refractivity contribution in [3.8, 4) is 5.75 Å². The van der Waals surface area contributed by atoms with Gasteiger partial charge in [-0.15, -0.1) is 0 Å². The standard InChI is InChI=1S/C11H17NO/c1-3-4-8-13-10-7-5-6-9(2)11(10)12/h5-7H,3-4,8,12H2,1-2H3. The van der Waals surface area contributed by atoms with E-state index >= 15 is 0 Å². The van der Waals surface area contributed by atoms with Crippen LogP contribution in [0.1, 0.15) is 25.3 Å². The van der Waals surface area contributed by atoms with E-state index in [9.17, 15) is 0 Å². The number of unbranched alkanes of at least 4 members (excludes halogenated alkanes) is 1. The largest absolute Gasteiger partial charge is 0.491 e. The Morgan fingerprint density at radius 1 is 1.38 bits per heavy atom. The van der Waals surface area contributed by atoms with Crippen molar-refractivity contribution in [1.29, 1.82) is 0 Å². The van der Waals surface area contributed by atoms with E-state index in [0.717, 1.165) is 36.4 Å². The van der Waals surface area contributed by atoms with Gasteiger partial charge in [-0.25, -0.2) is 0 Å². The highest BCUT2D eigenvalue weighted by Gasteiger charge is 2.00. The molecule has 0 unspecified atom stereocenters. The highest BCUT2D eigenvalue weighted by Crippen LogP contribution is 2.24. The molecule has 1 rings (SSSR count). The van der Waals surface area contributed by atoms with Crippen molar-refractivity contribution in [3.05, 3.63) is 23.8 Å². The van der Waals surface area contributed by atoms with Crippen LogP contribution in [-0.4, -0.2) is 6.61 Å². The third-order valence-corrected chi connectivity index (χ3v) is 2.04. The average Bonchev–Trinajstić information content (AvgIpc) is 2.13. The average molecular weight is 179 g/mol. The van der Waals surface area contributed by atoms with Crippen LogP contribution in [0.25, 0.3) is 0 Å². The van der Waals surface area contributed by atoms with E-state index in [4.69, 9.17) is 10.5 Å². The molecule has 0 fully saturated rings. The second-order valence-electron chi connectivity index (χ2n) is 3.19. The summed E-state index contributed by atoms with van der Waals surface area (Å²) >= 11 is 0. The van der Waals surface area contributed by atoms with E-state index in [1.54, 1.807) is 0 Å².